The first-order valence-electron chi connectivity index (χ1n) is 6.78. The molecule has 0 saturated heterocycles. The van der Waals surface area contributed by atoms with Gasteiger partial charge in [0, 0.05) is 18.5 Å². The van der Waals surface area contributed by atoms with Crippen molar-refractivity contribution in [1.29, 1.82) is 0 Å². The number of carboxylic acids is 1. The summed E-state index contributed by atoms with van der Waals surface area (Å²) in [6, 6.07) is 4.19. The molecule has 0 heterocycles. The first kappa shape index (κ1) is 17.3. The van der Waals surface area contributed by atoms with Gasteiger partial charge in [0.05, 0.1) is 5.02 Å². The first-order valence-corrected chi connectivity index (χ1v) is 7.16. The van der Waals surface area contributed by atoms with Crippen LogP contribution in [0.3, 0.4) is 0 Å². The number of halogens is 1. The number of rotatable bonds is 7. The van der Waals surface area contributed by atoms with Crippen LogP contribution in [0.2, 0.25) is 5.02 Å². The van der Waals surface area contributed by atoms with E-state index in [2.05, 4.69) is 5.32 Å². The molecule has 0 radical (unpaired) electrons. The van der Waals surface area contributed by atoms with Gasteiger partial charge in [-0.2, -0.15) is 0 Å². The lowest BCUT2D eigenvalue weighted by Crippen LogP contribution is -2.31. The average Bonchev–Trinajstić information content (AvgIpc) is 2.37. The third kappa shape index (κ3) is 6.04. The van der Waals surface area contributed by atoms with Gasteiger partial charge in [-0.25, -0.2) is 0 Å². The summed E-state index contributed by atoms with van der Waals surface area (Å²) in [5.74, 6) is -1.05. The van der Waals surface area contributed by atoms with Gasteiger partial charge in [-0.15, -0.1) is 0 Å². The van der Waals surface area contributed by atoms with E-state index in [1.54, 1.807) is 0 Å². The lowest BCUT2D eigenvalue weighted by atomic mass is 9.94. The molecule has 1 amide bonds. The number of carbonyl (C=O) groups excluding carboxylic acids is 1. The van der Waals surface area contributed by atoms with Crippen molar-refractivity contribution >= 4 is 23.5 Å². The second-order valence-corrected chi connectivity index (χ2v) is 5.88. The highest BCUT2D eigenvalue weighted by Crippen LogP contribution is 2.23. The standard InChI is InChI=1S/C15H20ClNO4/c1-9(2)5-10(6-14(19)20)8-17-15(21)11-3-4-13(18)12(16)7-11/h3-4,7,9-10,18H,5-6,8H2,1-2H3,(H,17,21)(H,19,20). The lowest BCUT2D eigenvalue weighted by Gasteiger charge is -2.17. The molecular weight excluding hydrogens is 294 g/mol. The minimum absolute atomic E-state index is 0.0226. The summed E-state index contributed by atoms with van der Waals surface area (Å²) in [4.78, 5) is 22.8. The average molecular weight is 314 g/mol. The number of phenols is 1. The van der Waals surface area contributed by atoms with Gasteiger partial charge in [-0.3, -0.25) is 9.59 Å². The molecule has 21 heavy (non-hydrogen) atoms. The number of amides is 1. The van der Waals surface area contributed by atoms with Crippen LogP contribution in [0.5, 0.6) is 5.75 Å². The third-order valence-corrected chi connectivity index (χ3v) is 3.33. The molecule has 1 rings (SSSR count). The molecule has 0 spiro atoms. The Labute approximate surface area is 128 Å². The van der Waals surface area contributed by atoms with Crippen LogP contribution in [0.15, 0.2) is 18.2 Å². The lowest BCUT2D eigenvalue weighted by molar-refractivity contribution is -0.138. The first-order chi connectivity index (χ1) is 9.79. The second-order valence-electron chi connectivity index (χ2n) is 5.47. The van der Waals surface area contributed by atoms with Crippen molar-refractivity contribution in [2.75, 3.05) is 6.54 Å². The maximum atomic E-state index is 12.0. The fraction of sp³-hybridized carbons (Fsp3) is 0.467. The number of carbonyl (C=O) groups is 2. The Morgan fingerprint density at radius 2 is 2.00 bits per heavy atom. The number of nitrogens with one attached hydrogen (secondary N) is 1. The van der Waals surface area contributed by atoms with E-state index in [0.29, 0.717) is 18.0 Å². The monoisotopic (exact) mass is 313 g/mol. The van der Waals surface area contributed by atoms with Crippen molar-refractivity contribution in [2.24, 2.45) is 11.8 Å². The Kier molecular flexibility index (Phi) is 6.49. The zero-order valence-electron chi connectivity index (χ0n) is 12.1. The number of carboxylic acid groups (broad SMARTS) is 1. The van der Waals surface area contributed by atoms with Gasteiger partial charge in [0.1, 0.15) is 5.75 Å². The van der Waals surface area contributed by atoms with E-state index in [1.807, 2.05) is 13.8 Å². The molecule has 0 fully saturated rings. The molecule has 1 aromatic rings. The maximum absolute atomic E-state index is 12.0. The Bertz CT molecular complexity index is 516. The molecule has 3 N–H and O–H groups in total. The summed E-state index contributed by atoms with van der Waals surface area (Å²) in [7, 11) is 0. The highest BCUT2D eigenvalue weighted by atomic mass is 35.5. The molecular formula is C15H20ClNO4. The van der Waals surface area contributed by atoms with Crippen LogP contribution in [-0.4, -0.2) is 28.6 Å². The topological polar surface area (TPSA) is 86.6 Å². The van der Waals surface area contributed by atoms with E-state index in [9.17, 15) is 14.7 Å². The van der Waals surface area contributed by atoms with Gasteiger partial charge in [0.15, 0.2) is 0 Å². The van der Waals surface area contributed by atoms with Crippen molar-refractivity contribution in [3.63, 3.8) is 0 Å². The molecule has 0 aliphatic rings. The van der Waals surface area contributed by atoms with Crippen LogP contribution >= 0.6 is 11.6 Å². The van der Waals surface area contributed by atoms with E-state index >= 15 is 0 Å². The fourth-order valence-electron chi connectivity index (χ4n) is 2.14. The molecule has 1 atom stereocenters. The maximum Gasteiger partial charge on any atom is 0.303 e. The summed E-state index contributed by atoms with van der Waals surface area (Å²) < 4.78 is 0. The third-order valence-electron chi connectivity index (χ3n) is 3.03. The number of benzene rings is 1. The highest BCUT2D eigenvalue weighted by Gasteiger charge is 2.17. The summed E-state index contributed by atoms with van der Waals surface area (Å²) in [5, 5.41) is 21.0. The summed E-state index contributed by atoms with van der Waals surface area (Å²) in [5.41, 5.74) is 0.330. The normalized spacial score (nSPS) is 12.2. The molecule has 0 aliphatic carbocycles. The number of hydrogen-bond donors (Lipinski definition) is 3. The van der Waals surface area contributed by atoms with Gasteiger partial charge in [0.25, 0.3) is 5.91 Å². The fourth-order valence-corrected chi connectivity index (χ4v) is 2.32. The van der Waals surface area contributed by atoms with Crippen molar-refractivity contribution < 1.29 is 19.8 Å². The van der Waals surface area contributed by atoms with Gasteiger partial charge >= 0.3 is 5.97 Å². The van der Waals surface area contributed by atoms with Gasteiger partial charge in [-0.05, 0) is 36.5 Å². The largest absolute Gasteiger partial charge is 0.506 e. The number of aliphatic carboxylic acids is 1. The molecule has 0 aliphatic heterocycles. The highest BCUT2D eigenvalue weighted by molar-refractivity contribution is 6.32. The molecule has 0 aromatic heterocycles. The minimum Gasteiger partial charge on any atom is -0.506 e. The van der Waals surface area contributed by atoms with Crippen molar-refractivity contribution in [1.82, 2.24) is 5.32 Å². The quantitative estimate of drug-likeness (QED) is 0.722. The van der Waals surface area contributed by atoms with Crippen LogP contribution in [0, 0.1) is 11.8 Å². The Hall–Kier alpha value is -1.75. The summed E-state index contributed by atoms with van der Waals surface area (Å²) in [6.45, 7) is 4.31. The zero-order chi connectivity index (χ0) is 16.0. The van der Waals surface area contributed by atoms with Crippen LogP contribution in [0.1, 0.15) is 37.0 Å². The number of phenolic OH excluding ortho intramolecular Hbond substituents is 1. The van der Waals surface area contributed by atoms with E-state index in [-0.39, 0.29) is 29.0 Å². The smallest absolute Gasteiger partial charge is 0.303 e. The van der Waals surface area contributed by atoms with Gasteiger partial charge in [0.2, 0.25) is 0 Å². The van der Waals surface area contributed by atoms with Crippen LogP contribution in [0.4, 0.5) is 0 Å². The second kappa shape index (κ2) is 7.88. The molecule has 5 nitrogen and oxygen atoms in total. The van der Waals surface area contributed by atoms with Gasteiger partial charge < -0.3 is 15.5 Å². The van der Waals surface area contributed by atoms with Crippen molar-refractivity contribution in [3.8, 4) is 5.75 Å². The molecule has 1 unspecified atom stereocenters. The van der Waals surface area contributed by atoms with Crippen LogP contribution in [-0.2, 0) is 4.79 Å². The van der Waals surface area contributed by atoms with Crippen LogP contribution < -0.4 is 5.32 Å². The molecule has 0 bridgehead atoms. The summed E-state index contributed by atoms with van der Waals surface area (Å²) in [6.07, 6.45) is 0.748. The Balaban J connectivity index is 2.63. The predicted octanol–water partition coefficient (Wildman–Crippen LogP) is 2.91. The number of aromatic hydroxyl groups is 1. The van der Waals surface area contributed by atoms with E-state index < -0.39 is 5.97 Å². The SMILES string of the molecule is CC(C)CC(CNC(=O)c1ccc(O)c(Cl)c1)CC(=O)O. The van der Waals surface area contributed by atoms with Crippen molar-refractivity contribution in [2.45, 2.75) is 26.7 Å². The molecule has 6 heteroatoms. The minimum atomic E-state index is -0.873. The Morgan fingerprint density at radius 3 is 2.52 bits per heavy atom. The van der Waals surface area contributed by atoms with E-state index in [4.69, 9.17) is 16.7 Å². The van der Waals surface area contributed by atoms with Gasteiger partial charge in [-0.1, -0.05) is 25.4 Å². The summed E-state index contributed by atoms with van der Waals surface area (Å²) >= 11 is 5.75. The van der Waals surface area contributed by atoms with E-state index in [0.717, 1.165) is 6.42 Å². The zero-order valence-corrected chi connectivity index (χ0v) is 12.9. The van der Waals surface area contributed by atoms with Crippen LogP contribution in [0.25, 0.3) is 0 Å². The Morgan fingerprint density at radius 1 is 1.33 bits per heavy atom. The predicted molar refractivity (Wildman–Crippen MR) is 80.6 cm³/mol. The number of hydrogen-bond acceptors (Lipinski definition) is 3. The van der Waals surface area contributed by atoms with E-state index in [1.165, 1.54) is 18.2 Å². The molecule has 0 saturated carbocycles. The van der Waals surface area contributed by atoms with Crippen molar-refractivity contribution in [3.05, 3.63) is 28.8 Å². The molecule has 116 valence electrons. The molecule has 1 aromatic carbocycles.